The molecule has 0 unspecified atom stereocenters. The molecule has 0 spiro atoms. The van der Waals surface area contributed by atoms with E-state index in [1.807, 2.05) is 18.2 Å². The Morgan fingerprint density at radius 3 is 2.52 bits per heavy atom. The molecule has 8 heteroatoms. The van der Waals surface area contributed by atoms with Crippen molar-refractivity contribution in [3.8, 4) is 11.8 Å². The van der Waals surface area contributed by atoms with Crippen LogP contribution in [0, 0.1) is 11.3 Å². The molecule has 0 atom stereocenters. The summed E-state index contributed by atoms with van der Waals surface area (Å²) in [7, 11) is 0. The highest BCUT2D eigenvalue weighted by atomic mass is 35.5. The van der Waals surface area contributed by atoms with Crippen LogP contribution in [0.15, 0.2) is 77.9 Å². The maximum absolute atomic E-state index is 11.9. The second kappa shape index (κ2) is 12.0. The van der Waals surface area contributed by atoms with Gasteiger partial charge in [0.15, 0.2) is 0 Å². The number of hydrogen-bond donors (Lipinski definition) is 2. The van der Waals surface area contributed by atoms with Gasteiger partial charge >= 0.3 is 0 Å². The molecular weight excluding hydrogens is 440 g/mol. The summed E-state index contributed by atoms with van der Waals surface area (Å²) in [5, 5.41) is 16.2. The molecule has 0 radical (unpaired) electrons. The lowest BCUT2D eigenvalue weighted by Gasteiger charge is -2.07. The van der Waals surface area contributed by atoms with Gasteiger partial charge in [-0.3, -0.25) is 9.59 Å². The number of nitrogens with zero attached hydrogens (tertiary/aromatic N) is 2. The smallest absolute Gasteiger partial charge is 0.240 e. The Morgan fingerprint density at radius 1 is 1.00 bits per heavy atom. The van der Waals surface area contributed by atoms with E-state index in [4.69, 9.17) is 21.6 Å². The average molecular weight is 461 g/mol. The van der Waals surface area contributed by atoms with Gasteiger partial charge < -0.3 is 10.1 Å². The maximum Gasteiger partial charge on any atom is 0.240 e. The van der Waals surface area contributed by atoms with E-state index in [1.165, 1.54) is 6.21 Å². The summed E-state index contributed by atoms with van der Waals surface area (Å²) in [6.45, 7) is 0.290. The molecular formula is C25H21ClN4O3. The third-order valence-corrected chi connectivity index (χ3v) is 4.74. The Balaban J connectivity index is 1.40. The zero-order valence-corrected chi connectivity index (χ0v) is 18.4. The molecule has 0 aromatic heterocycles. The third kappa shape index (κ3) is 7.80. The van der Waals surface area contributed by atoms with Crippen molar-refractivity contribution in [2.45, 2.75) is 19.4 Å². The molecule has 33 heavy (non-hydrogen) atoms. The summed E-state index contributed by atoms with van der Waals surface area (Å²) in [6, 6.07) is 23.3. The van der Waals surface area contributed by atoms with Crippen molar-refractivity contribution >= 4 is 35.3 Å². The second-order valence-electron chi connectivity index (χ2n) is 6.98. The first kappa shape index (κ1) is 23.5. The van der Waals surface area contributed by atoms with Crippen LogP contribution in [0.5, 0.6) is 5.75 Å². The van der Waals surface area contributed by atoms with E-state index in [1.54, 1.807) is 54.6 Å². The molecule has 3 aromatic carbocycles. The first-order valence-corrected chi connectivity index (χ1v) is 10.5. The molecule has 0 heterocycles. The predicted molar refractivity (Wildman–Crippen MR) is 127 cm³/mol. The van der Waals surface area contributed by atoms with Crippen LogP contribution in [0.3, 0.4) is 0 Å². The predicted octanol–water partition coefficient (Wildman–Crippen LogP) is 4.66. The number of nitrogens with one attached hydrogen (secondary N) is 2. The Kier molecular flexibility index (Phi) is 8.57. The molecule has 3 aromatic rings. The molecule has 3 rings (SSSR count). The highest BCUT2D eigenvalue weighted by molar-refractivity contribution is 6.30. The van der Waals surface area contributed by atoms with Crippen molar-refractivity contribution in [2.75, 3.05) is 5.32 Å². The van der Waals surface area contributed by atoms with Crippen molar-refractivity contribution in [1.29, 1.82) is 5.26 Å². The maximum atomic E-state index is 11.9. The Labute approximate surface area is 196 Å². The normalized spacial score (nSPS) is 10.4. The van der Waals surface area contributed by atoms with Crippen molar-refractivity contribution < 1.29 is 14.3 Å². The van der Waals surface area contributed by atoms with Crippen LogP contribution in [-0.2, 0) is 16.2 Å². The zero-order valence-electron chi connectivity index (χ0n) is 17.6. The van der Waals surface area contributed by atoms with Gasteiger partial charge in [0.05, 0.1) is 17.8 Å². The minimum Gasteiger partial charge on any atom is -0.489 e. The third-order valence-electron chi connectivity index (χ3n) is 4.50. The fourth-order valence-corrected chi connectivity index (χ4v) is 3.01. The minimum absolute atomic E-state index is 0.000683. The number of hydrazone groups is 1. The summed E-state index contributed by atoms with van der Waals surface area (Å²) in [5.41, 5.74) is 5.14. The van der Waals surface area contributed by atoms with Gasteiger partial charge in [-0.25, -0.2) is 5.43 Å². The zero-order chi connectivity index (χ0) is 23.5. The van der Waals surface area contributed by atoms with Crippen LogP contribution in [0.25, 0.3) is 0 Å². The Morgan fingerprint density at radius 2 is 1.76 bits per heavy atom. The van der Waals surface area contributed by atoms with Crippen molar-refractivity contribution in [3.63, 3.8) is 0 Å². The van der Waals surface area contributed by atoms with E-state index >= 15 is 0 Å². The Hall–Kier alpha value is -4.15. The summed E-state index contributed by atoms with van der Waals surface area (Å²) in [4.78, 5) is 23.8. The van der Waals surface area contributed by atoms with Gasteiger partial charge in [-0.1, -0.05) is 35.9 Å². The van der Waals surface area contributed by atoms with E-state index in [9.17, 15) is 9.59 Å². The molecule has 0 bridgehead atoms. The quantitative estimate of drug-likeness (QED) is 0.358. The number of nitriles is 1. The topological polar surface area (TPSA) is 104 Å². The fraction of sp³-hybridized carbons (Fsp3) is 0.120. The molecule has 2 amide bonds. The van der Waals surface area contributed by atoms with Crippen LogP contribution in [0.1, 0.15) is 29.5 Å². The fourth-order valence-electron chi connectivity index (χ4n) is 2.82. The largest absolute Gasteiger partial charge is 0.489 e. The van der Waals surface area contributed by atoms with Crippen molar-refractivity contribution in [1.82, 2.24) is 5.43 Å². The number of carbonyl (C=O) groups is 2. The number of carbonyl (C=O) groups excluding carboxylic acids is 2. The SMILES string of the molecule is N#Cc1ccccc1COc1ccc(C=NNC(=O)CCC(=O)Nc2cccc(Cl)c2)cc1. The van der Waals surface area contributed by atoms with Crippen LogP contribution >= 0.6 is 11.6 Å². The lowest BCUT2D eigenvalue weighted by molar-refractivity contribution is -0.124. The first-order chi connectivity index (χ1) is 16.0. The molecule has 0 aliphatic rings. The van der Waals surface area contributed by atoms with Gasteiger partial charge in [0, 0.05) is 29.1 Å². The van der Waals surface area contributed by atoms with Gasteiger partial charge in [0.2, 0.25) is 11.8 Å². The van der Waals surface area contributed by atoms with E-state index in [0.717, 1.165) is 11.1 Å². The second-order valence-corrected chi connectivity index (χ2v) is 7.41. The van der Waals surface area contributed by atoms with E-state index in [-0.39, 0.29) is 31.3 Å². The molecule has 7 nitrogen and oxygen atoms in total. The number of benzene rings is 3. The van der Waals surface area contributed by atoms with Gasteiger partial charge in [-0.2, -0.15) is 10.4 Å². The minimum atomic E-state index is -0.372. The highest BCUT2D eigenvalue weighted by Crippen LogP contribution is 2.16. The van der Waals surface area contributed by atoms with Gasteiger partial charge in [-0.15, -0.1) is 0 Å². The molecule has 2 N–H and O–H groups in total. The number of ether oxygens (including phenoxy) is 1. The molecule has 0 aliphatic heterocycles. The number of anilines is 1. The van der Waals surface area contributed by atoms with E-state index in [0.29, 0.717) is 22.0 Å². The lowest BCUT2D eigenvalue weighted by Crippen LogP contribution is -2.20. The number of halogens is 1. The van der Waals surface area contributed by atoms with E-state index < -0.39 is 0 Å². The molecule has 0 saturated heterocycles. The Bertz CT molecular complexity index is 1190. The standard InChI is InChI=1S/C25H21ClN4O3/c26-21-6-3-7-22(14-21)29-24(31)12-13-25(32)30-28-16-18-8-10-23(11-9-18)33-17-20-5-2-1-4-19(20)15-27/h1-11,14,16H,12-13,17H2,(H,29,31)(H,30,32). The summed E-state index contributed by atoms with van der Waals surface area (Å²) < 4.78 is 5.73. The van der Waals surface area contributed by atoms with Crippen LogP contribution in [0.4, 0.5) is 5.69 Å². The van der Waals surface area contributed by atoms with Gasteiger partial charge in [-0.05, 0) is 54.1 Å². The summed E-state index contributed by atoms with van der Waals surface area (Å²) in [5.74, 6) is -0.0115. The van der Waals surface area contributed by atoms with Crippen LogP contribution in [-0.4, -0.2) is 18.0 Å². The van der Waals surface area contributed by atoms with Crippen LogP contribution in [0.2, 0.25) is 5.02 Å². The van der Waals surface area contributed by atoms with Crippen LogP contribution < -0.4 is 15.5 Å². The number of amides is 2. The molecule has 0 fully saturated rings. The van der Waals surface area contributed by atoms with Gasteiger partial charge in [0.1, 0.15) is 12.4 Å². The highest BCUT2D eigenvalue weighted by Gasteiger charge is 2.07. The summed E-state index contributed by atoms with van der Waals surface area (Å²) >= 11 is 5.88. The summed E-state index contributed by atoms with van der Waals surface area (Å²) in [6.07, 6.45) is 1.52. The van der Waals surface area contributed by atoms with Crippen molar-refractivity contribution in [2.24, 2.45) is 5.10 Å². The average Bonchev–Trinajstić information content (AvgIpc) is 2.82. The number of hydrogen-bond acceptors (Lipinski definition) is 5. The lowest BCUT2D eigenvalue weighted by atomic mass is 10.1. The molecule has 0 aliphatic carbocycles. The monoisotopic (exact) mass is 460 g/mol. The van der Waals surface area contributed by atoms with Gasteiger partial charge in [0.25, 0.3) is 0 Å². The first-order valence-electron chi connectivity index (χ1n) is 10.1. The molecule has 0 saturated carbocycles. The molecule has 166 valence electrons. The number of rotatable bonds is 9. The van der Waals surface area contributed by atoms with Crippen molar-refractivity contribution in [3.05, 3.63) is 94.5 Å². The van der Waals surface area contributed by atoms with E-state index in [2.05, 4.69) is 21.9 Å².